The first-order valence-corrected chi connectivity index (χ1v) is 10.2. The number of nitrogens with zero attached hydrogens (tertiary/aromatic N) is 1. The molecular weight excluding hydrogens is 338 g/mol. The van der Waals surface area contributed by atoms with Crippen LogP contribution < -0.4 is 0 Å². The number of likely N-dealkylation sites (N-methyl/N-ethyl adjacent to an activating group) is 1. The van der Waals surface area contributed by atoms with E-state index in [0.29, 0.717) is 25.6 Å². The van der Waals surface area contributed by atoms with E-state index in [1.807, 2.05) is 7.05 Å². The van der Waals surface area contributed by atoms with E-state index in [-0.39, 0.29) is 6.10 Å². The van der Waals surface area contributed by atoms with Crippen molar-refractivity contribution in [2.24, 2.45) is 5.92 Å². The third-order valence-corrected chi connectivity index (χ3v) is 5.91. The zero-order chi connectivity index (χ0) is 18.8. The van der Waals surface area contributed by atoms with E-state index in [9.17, 15) is 5.11 Å². The van der Waals surface area contributed by atoms with Gasteiger partial charge in [0.2, 0.25) is 0 Å². The number of aryl methyl sites for hydroxylation is 1. The Kier molecular flexibility index (Phi) is 5.67. The van der Waals surface area contributed by atoms with E-state index in [1.165, 1.54) is 17.5 Å². The van der Waals surface area contributed by atoms with E-state index < -0.39 is 6.10 Å². The first kappa shape index (κ1) is 18.7. The van der Waals surface area contributed by atoms with E-state index in [0.717, 1.165) is 36.7 Å². The molecule has 2 aliphatic rings. The Morgan fingerprint density at radius 3 is 2.89 bits per heavy atom. The van der Waals surface area contributed by atoms with Gasteiger partial charge in [-0.1, -0.05) is 31.2 Å². The summed E-state index contributed by atoms with van der Waals surface area (Å²) in [6.45, 7) is 3.92. The van der Waals surface area contributed by atoms with Crippen LogP contribution in [0.1, 0.15) is 60.9 Å². The SMILES string of the molecule is C[C@@H]1C[C@@H]1c1ccc(CN(C)C[C@H](O)CO[C@H]2CCCc3ccccc32)o1. The molecule has 1 heterocycles. The van der Waals surface area contributed by atoms with Crippen molar-refractivity contribution in [1.29, 1.82) is 0 Å². The van der Waals surface area contributed by atoms with E-state index in [4.69, 9.17) is 9.15 Å². The molecule has 1 saturated carbocycles. The molecule has 0 bridgehead atoms. The average Bonchev–Trinajstić information content (AvgIpc) is 3.21. The van der Waals surface area contributed by atoms with Crippen LogP contribution >= 0.6 is 0 Å². The number of aliphatic hydroxyl groups excluding tert-OH is 1. The maximum atomic E-state index is 10.4. The Balaban J connectivity index is 1.23. The molecule has 0 saturated heterocycles. The summed E-state index contributed by atoms with van der Waals surface area (Å²) < 4.78 is 12.0. The highest BCUT2D eigenvalue weighted by atomic mass is 16.5. The van der Waals surface area contributed by atoms with E-state index in [2.05, 4.69) is 48.2 Å². The molecule has 4 rings (SSSR count). The summed E-state index contributed by atoms with van der Waals surface area (Å²) in [7, 11) is 2.01. The quantitative estimate of drug-likeness (QED) is 0.754. The highest BCUT2D eigenvalue weighted by Crippen LogP contribution is 2.47. The molecule has 1 aromatic carbocycles. The minimum Gasteiger partial charge on any atom is -0.464 e. The Hall–Kier alpha value is -1.62. The highest BCUT2D eigenvalue weighted by Gasteiger charge is 2.36. The van der Waals surface area contributed by atoms with Gasteiger partial charge in [0.05, 0.1) is 25.4 Å². The van der Waals surface area contributed by atoms with Crippen LogP contribution in [0.3, 0.4) is 0 Å². The fourth-order valence-electron chi connectivity index (χ4n) is 4.25. The van der Waals surface area contributed by atoms with Gasteiger partial charge >= 0.3 is 0 Å². The lowest BCUT2D eigenvalue weighted by Crippen LogP contribution is -2.32. The zero-order valence-corrected chi connectivity index (χ0v) is 16.4. The minimum atomic E-state index is -0.498. The standard InChI is InChI=1S/C23H31NO3/c1-16-12-21(16)23-11-10-19(27-23)14-24(2)13-18(25)15-26-22-9-5-7-17-6-3-4-8-20(17)22/h3-4,6,8,10-11,16,18,21-22,25H,5,7,9,12-15H2,1-2H3/t16-,18+,21+,22+/m1/s1. The molecule has 2 aliphatic carbocycles. The molecule has 4 nitrogen and oxygen atoms in total. The zero-order valence-electron chi connectivity index (χ0n) is 16.4. The number of rotatable bonds is 8. The molecule has 0 radical (unpaired) electrons. The van der Waals surface area contributed by atoms with Crippen LogP contribution in [0.25, 0.3) is 0 Å². The van der Waals surface area contributed by atoms with Crippen molar-refractivity contribution in [3.63, 3.8) is 0 Å². The van der Waals surface area contributed by atoms with Gasteiger partial charge < -0.3 is 14.3 Å². The Morgan fingerprint density at radius 1 is 1.26 bits per heavy atom. The van der Waals surface area contributed by atoms with Crippen LogP contribution in [-0.2, 0) is 17.7 Å². The van der Waals surface area contributed by atoms with Crippen molar-refractivity contribution < 1.29 is 14.3 Å². The van der Waals surface area contributed by atoms with Gasteiger partial charge in [0.15, 0.2) is 0 Å². The summed E-state index contributed by atoms with van der Waals surface area (Å²) in [6.07, 6.45) is 4.17. The third kappa shape index (κ3) is 4.63. The summed E-state index contributed by atoms with van der Waals surface area (Å²) >= 11 is 0. The number of ether oxygens (including phenoxy) is 1. The molecule has 27 heavy (non-hydrogen) atoms. The number of hydrogen-bond donors (Lipinski definition) is 1. The summed E-state index contributed by atoms with van der Waals surface area (Å²) in [4.78, 5) is 2.10. The first-order chi connectivity index (χ1) is 13.1. The molecule has 4 heteroatoms. The molecule has 4 atom stereocenters. The summed E-state index contributed by atoms with van der Waals surface area (Å²) in [5.74, 6) is 3.46. The van der Waals surface area contributed by atoms with Crippen molar-refractivity contribution in [3.05, 3.63) is 59.0 Å². The fourth-order valence-corrected chi connectivity index (χ4v) is 4.25. The number of fused-ring (bicyclic) bond motifs is 1. The maximum absolute atomic E-state index is 10.4. The topological polar surface area (TPSA) is 45.8 Å². The van der Waals surface area contributed by atoms with Crippen molar-refractivity contribution in [1.82, 2.24) is 4.90 Å². The maximum Gasteiger partial charge on any atom is 0.118 e. The molecule has 1 fully saturated rings. The van der Waals surface area contributed by atoms with Crippen LogP contribution in [0.15, 0.2) is 40.8 Å². The average molecular weight is 370 g/mol. The van der Waals surface area contributed by atoms with Gasteiger partial charge in [-0.2, -0.15) is 0 Å². The first-order valence-electron chi connectivity index (χ1n) is 10.2. The van der Waals surface area contributed by atoms with Gasteiger partial charge in [-0.05, 0) is 61.9 Å². The molecule has 0 aliphatic heterocycles. The fraction of sp³-hybridized carbons (Fsp3) is 0.565. The van der Waals surface area contributed by atoms with Gasteiger partial charge in [-0.25, -0.2) is 0 Å². The van der Waals surface area contributed by atoms with Gasteiger partial charge in [0.25, 0.3) is 0 Å². The predicted octanol–water partition coefficient (Wildman–Crippen LogP) is 4.29. The lowest BCUT2D eigenvalue weighted by Gasteiger charge is -2.27. The summed E-state index contributed by atoms with van der Waals surface area (Å²) in [5, 5.41) is 10.4. The smallest absolute Gasteiger partial charge is 0.118 e. The van der Waals surface area contributed by atoms with E-state index in [1.54, 1.807) is 0 Å². The molecule has 2 aromatic rings. The van der Waals surface area contributed by atoms with Crippen molar-refractivity contribution in [3.8, 4) is 0 Å². The summed E-state index contributed by atoms with van der Waals surface area (Å²) in [5.41, 5.74) is 2.68. The molecule has 0 spiro atoms. The molecule has 1 N–H and O–H groups in total. The van der Waals surface area contributed by atoms with Crippen molar-refractivity contribution >= 4 is 0 Å². The normalized spacial score (nSPS) is 25.4. The molecule has 0 amide bonds. The minimum absolute atomic E-state index is 0.114. The molecular formula is C23H31NO3. The Morgan fingerprint density at radius 2 is 2.07 bits per heavy atom. The Labute approximate surface area is 162 Å². The highest BCUT2D eigenvalue weighted by molar-refractivity contribution is 5.31. The predicted molar refractivity (Wildman–Crippen MR) is 106 cm³/mol. The van der Waals surface area contributed by atoms with Crippen LogP contribution in [0.2, 0.25) is 0 Å². The number of furan rings is 1. The number of hydrogen-bond acceptors (Lipinski definition) is 4. The van der Waals surface area contributed by atoms with Gasteiger partial charge in [-0.15, -0.1) is 0 Å². The van der Waals surface area contributed by atoms with Crippen molar-refractivity contribution in [2.45, 2.75) is 57.3 Å². The number of aliphatic hydroxyl groups is 1. The molecule has 0 unspecified atom stereocenters. The third-order valence-electron chi connectivity index (χ3n) is 5.91. The van der Waals surface area contributed by atoms with E-state index >= 15 is 0 Å². The second-order valence-corrected chi connectivity index (χ2v) is 8.39. The van der Waals surface area contributed by atoms with Crippen LogP contribution in [0.4, 0.5) is 0 Å². The van der Waals surface area contributed by atoms with Crippen LogP contribution in [0.5, 0.6) is 0 Å². The molecule has 1 aromatic heterocycles. The van der Waals surface area contributed by atoms with Gasteiger partial charge in [0.1, 0.15) is 11.5 Å². The lowest BCUT2D eigenvalue weighted by atomic mass is 9.89. The van der Waals surface area contributed by atoms with Gasteiger partial charge in [0, 0.05) is 12.5 Å². The summed E-state index contributed by atoms with van der Waals surface area (Å²) in [6, 6.07) is 12.7. The van der Waals surface area contributed by atoms with Crippen molar-refractivity contribution in [2.75, 3.05) is 20.2 Å². The van der Waals surface area contributed by atoms with Crippen LogP contribution in [-0.4, -0.2) is 36.3 Å². The number of benzene rings is 1. The van der Waals surface area contributed by atoms with Gasteiger partial charge in [-0.3, -0.25) is 4.90 Å². The van der Waals surface area contributed by atoms with Crippen LogP contribution in [0, 0.1) is 5.92 Å². The monoisotopic (exact) mass is 369 g/mol. The second kappa shape index (κ2) is 8.17. The Bertz CT molecular complexity index is 756. The molecule has 146 valence electrons. The largest absolute Gasteiger partial charge is 0.464 e. The lowest BCUT2D eigenvalue weighted by molar-refractivity contribution is -0.0270. The second-order valence-electron chi connectivity index (χ2n) is 8.39.